The molecule has 4 heteroatoms. The summed E-state index contributed by atoms with van der Waals surface area (Å²) in [5.74, 6) is 0.770. The van der Waals surface area contributed by atoms with Gasteiger partial charge in [0.25, 0.3) is 0 Å². The number of ether oxygens (including phenoxy) is 1. The Labute approximate surface area is 173 Å². The normalized spacial score (nSPS) is 14.9. The van der Waals surface area contributed by atoms with Gasteiger partial charge in [-0.05, 0) is 49.2 Å². The Bertz CT molecular complexity index is 674. The van der Waals surface area contributed by atoms with E-state index in [0.29, 0.717) is 6.61 Å². The minimum atomic E-state index is -0.817. The average molecular weight is 398 g/mol. The third-order valence-electron chi connectivity index (χ3n) is 5.30. The van der Waals surface area contributed by atoms with Gasteiger partial charge in [0.15, 0.2) is 4.75 Å². The van der Waals surface area contributed by atoms with E-state index in [1.54, 1.807) is 11.8 Å². The van der Waals surface area contributed by atoms with E-state index in [-0.39, 0.29) is 5.97 Å². The number of nitrogens with zero attached hydrogens (tertiary/aromatic N) is 1. The topological polar surface area (TPSA) is 29.5 Å². The minimum Gasteiger partial charge on any atom is -0.463 e. The van der Waals surface area contributed by atoms with Gasteiger partial charge < -0.3 is 4.74 Å². The molecule has 0 amide bonds. The lowest BCUT2D eigenvalue weighted by molar-refractivity contribution is -0.146. The molecule has 2 aromatic carbocycles. The second kappa shape index (κ2) is 10.7. The molecule has 28 heavy (non-hydrogen) atoms. The summed E-state index contributed by atoms with van der Waals surface area (Å²) in [5, 5.41) is 0. The molecule has 1 heterocycles. The van der Waals surface area contributed by atoms with Crippen molar-refractivity contribution in [2.45, 2.75) is 37.4 Å². The van der Waals surface area contributed by atoms with E-state index in [1.165, 1.54) is 12.8 Å². The van der Waals surface area contributed by atoms with Gasteiger partial charge in [-0.15, -0.1) is 11.8 Å². The smallest absolute Gasteiger partial charge is 0.331 e. The first kappa shape index (κ1) is 20.9. The lowest BCUT2D eigenvalue weighted by atomic mass is 9.90. The molecule has 0 N–H and O–H groups in total. The lowest BCUT2D eigenvalue weighted by Crippen LogP contribution is -2.37. The maximum atomic E-state index is 13.6. The van der Waals surface area contributed by atoms with Crippen molar-refractivity contribution in [2.75, 3.05) is 32.0 Å². The van der Waals surface area contributed by atoms with Crippen molar-refractivity contribution in [3.8, 4) is 0 Å². The summed E-state index contributed by atoms with van der Waals surface area (Å²) >= 11 is 1.70. The molecular formula is C24H31NO2S. The molecule has 2 aromatic rings. The van der Waals surface area contributed by atoms with Gasteiger partial charge in [-0.1, -0.05) is 74.0 Å². The molecule has 3 nitrogen and oxygen atoms in total. The summed E-state index contributed by atoms with van der Waals surface area (Å²) < 4.78 is 5.09. The molecule has 0 aliphatic carbocycles. The Hall–Kier alpha value is -1.78. The highest BCUT2D eigenvalue weighted by atomic mass is 32.2. The van der Waals surface area contributed by atoms with Crippen molar-refractivity contribution in [1.29, 1.82) is 0 Å². The predicted octanol–water partition coefficient (Wildman–Crippen LogP) is 5.10. The Kier molecular flexibility index (Phi) is 7.99. The van der Waals surface area contributed by atoms with Crippen LogP contribution in [0.15, 0.2) is 60.7 Å². The molecule has 0 saturated carbocycles. The largest absolute Gasteiger partial charge is 0.463 e. The molecule has 0 unspecified atom stereocenters. The van der Waals surface area contributed by atoms with Crippen LogP contribution in [0.3, 0.4) is 0 Å². The van der Waals surface area contributed by atoms with E-state index in [4.69, 9.17) is 4.74 Å². The number of benzene rings is 2. The number of hydrogen-bond donors (Lipinski definition) is 0. The van der Waals surface area contributed by atoms with Gasteiger partial charge >= 0.3 is 5.97 Å². The quantitative estimate of drug-likeness (QED) is 0.412. The monoisotopic (exact) mass is 397 g/mol. The van der Waals surface area contributed by atoms with Gasteiger partial charge in [-0.3, -0.25) is 4.90 Å². The third-order valence-corrected chi connectivity index (χ3v) is 6.87. The fourth-order valence-corrected chi connectivity index (χ4v) is 5.24. The second-order valence-electron chi connectivity index (χ2n) is 7.30. The maximum Gasteiger partial charge on any atom is 0.331 e. The van der Waals surface area contributed by atoms with E-state index in [1.807, 2.05) is 60.7 Å². The van der Waals surface area contributed by atoms with Crippen LogP contribution in [0.25, 0.3) is 0 Å². The summed E-state index contributed by atoms with van der Waals surface area (Å²) in [6.07, 6.45) is 4.68. The number of carbonyl (C=O) groups excluding carboxylic acids is 1. The first-order valence-corrected chi connectivity index (χ1v) is 11.4. The Morgan fingerprint density at radius 2 is 1.57 bits per heavy atom. The summed E-state index contributed by atoms with van der Waals surface area (Å²) in [6, 6.07) is 20.2. The molecular weight excluding hydrogens is 366 g/mol. The molecule has 0 bridgehead atoms. The highest BCUT2D eigenvalue weighted by Crippen LogP contribution is 2.44. The van der Waals surface area contributed by atoms with Crippen LogP contribution < -0.4 is 0 Å². The molecule has 0 radical (unpaired) electrons. The number of likely N-dealkylation sites (tertiary alicyclic amines) is 1. The van der Waals surface area contributed by atoms with E-state index < -0.39 is 4.75 Å². The van der Waals surface area contributed by atoms with Crippen molar-refractivity contribution < 1.29 is 9.53 Å². The molecule has 0 spiro atoms. The number of carbonyl (C=O) groups is 1. The molecule has 3 rings (SSSR count). The highest BCUT2D eigenvalue weighted by Gasteiger charge is 2.44. The fraction of sp³-hybridized carbons (Fsp3) is 0.458. The van der Waals surface area contributed by atoms with E-state index >= 15 is 0 Å². The summed E-state index contributed by atoms with van der Waals surface area (Å²) in [5.41, 5.74) is 1.99. The first-order valence-electron chi connectivity index (χ1n) is 10.4. The van der Waals surface area contributed by atoms with Gasteiger partial charge in [0.2, 0.25) is 0 Å². The van der Waals surface area contributed by atoms with Crippen LogP contribution in [-0.2, 0) is 14.3 Å². The van der Waals surface area contributed by atoms with Crippen molar-refractivity contribution in [2.24, 2.45) is 0 Å². The predicted molar refractivity (Wildman–Crippen MR) is 118 cm³/mol. The minimum absolute atomic E-state index is 0.148. The fourth-order valence-electron chi connectivity index (χ4n) is 3.72. The van der Waals surface area contributed by atoms with Gasteiger partial charge in [0.1, 0.15) is 6.61 Å². The molecule has 0 aromatic heterocycles. The SMILES string of the molecule is CCCCSC(C(=O)OCCN1CCCC1)(c1ccccc1)c1ccccc1. The average Bonchev–Trinajstić information content (AvgIpc) is 3.26. The Balaban J connectivity index is 1.87. The van der Waals surface area contributed by atoms with Crippen LogP contribution in [0.4, 0.5) is 0 Å². The molecule has 1 aliphatic rings. The van der Waals surface area contributed by atoms with Crippen molar-refractivity contribution in [3.05, 3.63) is 71.8 Å². The third kappa shape index (κ3) is 4.98. The van der Waals surface area contributed by atoms with Crippen molar-refractivity contribution >= 4 is 17.7 Å². The van der Waals surface area contributed by atoms with Crippen LogP contribution >= 0.6 is 11.8 Å². The van der Waals surface area contributed by atoms with E-state index in [0.717, 1.165) is 49.4 Å². The number of thioether (sulfide) groups is 1. The zero-order chi connectivity index (χ0) is 19.7. The molecule has 0 atom stereocenters. The molecule has 1 saturated heterocycles. The van der Waals surface area contributed by atoms with Crippen LogP contribution in [0.2, 0.25) is 0 Å². The van der Waals surface area contributed by atoms with Crippen molar-refractivity contribution in [3.63, 3.8) is 0 Å². The van der Waals surface area contributed by atoms with Crippen LogP contribution in [0.1, 0.15) is 43.7 Å². The number of esters is 1. The summed E-state index contributed by atoms with van der Waals surface area (Å²) in [6.45, 7) is 5.69. The van der Waals surface area contributed by atoms with Crippen LogP contribution in [0, 0.1) is 0 Å². The van der Waals surface area contributed by atoms with Crippen LogP contribution in [0.5, 0.6) is 0 Å². The molecule has 1 fully saturated rings. The molecule has 150 valence electrons. The first-order chi connectivity index (χ1) is 13.8. The van der Waals surface area contributed by atoms with E-state index in [9.17, 15) is 4.79 Å². The number of hydrogen-bond acceptors (Lipinski definition) is 4. The second-order valence-corrected chi connectivity index (χ2v) is 8.61. The van der Waals surface area contributed by atoms with Gasteiger partial charge in [0, 0.05) is 6.54 Å². The van der Waals surface area contributed by atoms with Crippen LogP contribution in [-0.4, -0.2) is 42.9 Å². The lowest BCUT2D eigenvalue weighted by Gasteiger charge is -2.32. The maximum absolute atomic E-state index is 13.6. The zero-order valence-corrected chi connectivity index (χ0v) is 17.6. The zero-order valence-electron chi connectivity index (χ0n) is 16.8. The van der Waals surface area contributed by atoms with E-state index in [2.05, 4.69) is 11.8 Å². The highest BCUT2D eigenvalue weighted by molar-refractivity contribution is 8.01. The van der Waals surface area contributed by atoms with Crippen molar-refractivity contribution in [1.82, 2.24) is 4.90 Å². The summed E-state index contributed by atoms with van der Waals surface area (Å²) in [4.78, 5) is 16.0. The summed E-state index contributed by atoms with van der Waals surface area (Å²) in [7, 11) is 0. The Morgan fingerprint density at radius 1 is 1.00 bits per heavy atom. The standard InChI is InChI=1S/C24H31NO2S/c1-2-3-20-28-24(21-12-6-4-7-13-21,22-14-8-5-9-15-22)23(26)27-19-18-25-16-10-11-17-25/h4-9,12-15H,2-3,10-11,16-20H2,1H3. The Morgan fingerprint density at radius 3 is 2.11 bits per heavy atom. The number of unbranched alkanes of at least 4 members (excludes halogenated alkanes) is 1. The number of rotatable bonds is 10. The molecule has 1 aliphatic heterocycles. The van der Waals surface area contributed by atoms with Gasteiger partial charge in [0.05, 0.1) is 0 Å². The van der Waals surface area contributed by atoms with Gasteiger partial charge in [-0.2, -0.15) is 0 Å². The van der Waals surface area contributed by atoms with Gasteiger partial charge in [-0.25, -0.2) is 4.79 Å².